The van der Waals surface area contributed by atoms with Crippen LogP contribution in [0, 0.1) is 0 Å². The van der Waals surface area contributed by atoms with Gasteiger partial charge in [-0.2, -0.15) is 0 Å². The zero-order valence-electron chi connectivity index (χ0n) is 10.7. The monoisotopic (exact) mass is 296 g/mol. The van der Waals surface area contributed by atoms with Crippen LogP contribution in [0.15, 0.2) is 53.6 Å². The van der Waals surface area contributed by atoms with Gasteiger partial charge in [0, 0.05) is 32.8 Å². The molecule has 0 radical (unpaired) electrons. The quantitative estimate of drug-likeness (QED) is 0.709. The molecule has 4 rings (SSSR count). The lowest BCUT2D eigenvalue weighted by atomic mass is 9.99. The van der Waals surface area contributed by atoms with Crippen molar-refractivity contribution >= 4 is 28.1 Å². The Labute approximate surface area is 125 Å². The summed E-state index contributed by atoms with van der Waals surface area (Å²) in [6.07, 6.45) is 1.82. The summed E-state index contributed by atoms with van der Waals surface area (Å²) in [5, 5.41) is 0.867. The molecule has 2 N–H and O–H groups in total. The molecule has 98 valence electrons. The maximum absolute atomic E-state index is 6.28. The second-order valence-corrected chi connectivity index (χ2v) is 6.79. The Morgan fingerprint density at radius 1 is 1.00 bits per heavy atom. The van der Waals surface area contributed by atoms with E-state index in [9.17, 15) is 0 Å². The number of fused-ring (bicyclic) bond motifs is 3. The summed E-state index contributed by atoms with van der Waals surface area (Å²) in [6, 6.07) is 14.5. The van der Waals surface area contributed by atoms with Crippen molar-refractivity contribution in [3.05, 3.63) is 53.5 Å². The van der Waals surface area contributed by atoms with E-state index in [4.69, 9.17) is 5.73 Å². The lowest BCUT2D eigenvalue weighted by Crippen LogP contribution is -1.94. The predicted molar refractivity (Wildman–Crippen MR) is 87.0 cm³/mol. The molecule has 0 unspecified atom stereocenters. The normalized spacial score (nSPS) is 12.8. The van der Waals surface area contributed by atoms with Crippen molar-refractivity contribution in [1.29, 1.82) is 0 Å². The summed E-state index contributed by atoms with van der Waals surface area (Å²) in [5.41, 5.74) is 10.9. The number of nitrogens with zero attached hydrogens (tertiary/aromatic N) is 1. The first-order valence-electron chi connectivity index (χ1n) is 6.39. The maximum atomic E-state index is 6.28. The fraction of sp³-hybridized carbons (Fsp3) is 0.0625. The fourth-order valence-electron chi connectivity index (χ4n) is 2.59. The van der Waals surface area contributed by atoms with Crippen LogP contribution in [0.2, 0.25) is 0 Å². The number of anilines is 1. The second kappa shape index (κ2) is 4.65. The first kappa shape index (κ1) is 12.0. The third-order valence-corrected chi connectivity index (χ3v) is 5.75. The molecule has 0 atom stereocenters. The fourth-order valence-corrected chi connectivity index (χ4v) is 4.82. The first-order chi connectivity index (χ1) is 9.84. The van der Waals surface area contributed by atoms with Crippen molar-refractivity contribution in [2.75, 3.05) is 5.73 Å². The van der Waals surface area contributed by atoms with Gasteiger partial charge in [-0.1, -0.05) is 24.3 Å². The molecular weight excluding hydrogens is 284 g/mol. The molecular formula is C16H12N2S2. The Kier molecular flexibility index (Phi) is 2.79. The molecule has 3 heterocycles. The first-order valence-corrected chi connectivity index (χ1v) is 8.19. The van der Waals surface area contributed by atoms with E-state index in [-0.39, 0.29) is 0 Å². The maximum Gasteiger partial charge on any atom is 0.0961 e. The molecule has 0 amide bonds. The van der Waals surface area contributed by atoms with Gasteiger partial charge in [0.15, 0.2) is 0 Å². The van der Waals surface area contributed by atoms with E-state index < -0.39 is 0 Å². The number of hydrogen-bond donors (Lipinski definition) is 1. The third-order valence-electron chi connectivity index (χ3n) is 3.44. The number of thiophene rings is 1. The number of benzene rings is 1. The summed E-state index contributed by atoms with van der Waals surface area (Å²) >= 11 is 3.58. The Balaban J connectivity index is 2.02. The van der Waals surface area contributed by atoms with Gasteiger partial charge in [-0.25, -0.2) is 0 Å². The molecule has 1 aliphatic rings. The molecule has 2 nitrogen and oxygen atoms in total. The molecule has 0 spiro atoms. The molecule has 0 aliphatic carbocycles. The van der Waals surface area contributed by atoms with Crippen LogP contribution in [-0.4, -0.2) is 4.98 Å². The minimum absolute atomic E-state index is 0.867. The van der Waals surface area contributed by atoms with E-state index in [1.807, 2.05) is 36.2 Å². The summed E-state index contributed by atoms with van der Waals surface area (Å²) < 4.78 is 0. The van der Waals surface area contributed by atoms with Crippen LogP contribution in [0.1, 0.15) is 4.88 Å². The Bertz CT molecular complexity index is 778. The van der Waals surface area contributed by atoms with Crippen LogP contribution in [0.4, 0.5) is 5.00 Å². The van der Waals surface area contributed by atoms with Crippen molar-refractivity contribution in [3.63, 3.8) is 0 Å². The number of thioether (sulfide) groups is 1. The van der Waals surface area contributed by atoms with Crippen molar-refractivity contribution in [2.24, 2.45) is 0 Å². The van der Waals surface area contributed by atoms with Crippen LogP contribution in [0.25, 0.3) is 22.4 Å². The van der Waals surface area contributed by atoms with E-state index in [0.717, 1.165) is 22.0 Å². The minimum atomic E-state index is 0.867. The molecule has 0 saturated carbocycles. The molecule has 3 aromatic rings. The van der Waals surface area contributed by atoms with Crippen LogP contribution in [0.5, 0.6) is 0 Å². The highest BCUT2D eigenvalue weighted by Gasteiger charge is 2.25. The van der Waals surface area contributed by atoms with Crippen molar-refractivity contribution in [3.8, 4) is 22.4 Å². The lowest BCUT2D eigenvalue weighted by Gasteiger charge is -2.17. The zero-order chi connectivity index (χ0) is 13.5. The van der Waals surface area contributed by atoms with E-state index in [2.05, 4.69) is 29.2 Å². The Morgan fingerprint density at radius 3 is 2.70 bits per heavy atom. The summed E-state index contributed by atoms with van der Waals surface area (Å²) in [6.45, 7) is 0. The SMILES string of the molecule is Nc1sc2c(c1-c1ccccn1)-c1ccccc1SC2. The molecule has 2 aromatic heterocycles. The van der Waals surface area contributed by atoms with Gasteiger partial charge in [0.25, 0.3) is 0 Å². The van der Waals surface area contributed by atoms with Gasteiger partial charge in [-0.15, -0.1) is 23.1 Å². The number of nitrogen functional groups attached to an aromatic ring is 1. The highest BCUT2D eigenvalue weighted by molar-refractivity contribution is 7.98. The van der Waals surface area contributed by atoms with Crippen LogP contribution < -0.4 is 5.73 Å². The number of pyridine rings is 1. The van der Waals surface area contributed by atoms with Crippen LogP contribution in [-0.2, 0) is 5.75 Å². The van der Waals surface area contributed by atoms with Crippen LogP contribution >= 0.6 is 23.1 Å². The molecule has 20 heavy (non-hydrogen) atoms. The molecule has 1 aliphatic heterocycles. The van der Waals surface area contributed by atoms with E-state index in [0.29, 0.717) is 0 Å². The largest absolute Gasteiger partial charge is 0.390 e. The second-order valence-electron chi connectivity index (χ2n) is 4.64. The molecule has 4 heteroatoms. The molecule has 0 bridgehead atoms. The standard InChI is InChI=1S/C16H12N2S2/c17-16-15(11-6-3-4-8-18-11)14-10-5-1-2-7-12(10)19-9-13(14)20-16/h1-8H,9,17H2. The highest BCUT2D eigenvalue weighted by Crippen LogP contribution is 2.51. The van der Waals surface area contributed by atoms with Gasteiger partial charge in [-0.3, -0.25) is 4.98 Å². The average Bonchev–Trinajstić information content (AvgIpc) is 2.84. The summed E-state index contributed by atoms with van der Waals surface area (Å²) in [5.74, 6) is 0.994. The van der Waals surface area contributed by atoms with Gasteiger partial charge < -0.3 is 5.73 Å². The third kappa shape index (κ3) is 1.76. The van der Waals surface area contributed by atoms with Crippen molar-refractivity contribution < 1.29 is 0 Å². The Morgan fingerprint density at radius 2 is 1.85 bits per heavy atom. The Hall–Kier alpha value is -1.78. The van der Waals surface area contributed by atoms with Crippen molar-refractivity contribution in [2.45, 2.75) is 10.6 Å². The van der Waals surface area contributed by atoms with Gasteiger partial charge in [0.2, 0.25) is 0 Å². The van der Waals surface area contributed by atoms with E-state index in [1.165, 1.54) is 20.9 Å². The zero-order valence-corrected chi connectivity index (χ0v) is 12.3. The average molecular weight is 296 g/mol. The van der Waals surface area contributed by atoms with E-state index in [1.54, 1.807) is 11.3 Å². The number of aromatic nitrogens is 1. The topological polar surface area (TPSA) is 38.9 Å². The van der Waals surface area contributed by atoms with Gasteiger partial charge in [0.05, 0.1) is 10.7 Å². The highest BCUT2D eigenvalue weighted by atomic mass is 32.2. The predicted octanol–water partition coefficient (Wildman–Crippen LogP) is 4.67. The lowest BCUT2D eigenvalue weighted by molar-refractivity contribution is 1.32. The number of nitrogens with two attached hydrogens (primary N) is 1. The molecule has 0 fully saturated rings. The van der Waals surface area contributed by atoms with Gasteiger partial charge in [0.1, 0.15) is 0 Å². The van der Waals surface area contributed by atoms with E-state index >= 15 is 0 Å². The summed E-state index contributed by atoms with van der Waals surface area (Å²) in [4.78, 5) is 7.17. The smallest absolute Gasteiger partial charge is 0.0961 e. The minimum Gasteiger partial charge on any atom is -0.390 e. The van der Waals surface area contributed by atoms with Crippen molar-refractivity contribution in [1.82, 2.24) is 4.98 Å². The molecule has 0 saturated heterocycles. The number of rotatable bonds is 1. The van der Waals surface area contributed by atoms with Gasteiger partial charge in [-0.05, 0) is 23.8 Å². The summed E-state index contributed by atoms with van der Waals surface area (Å²) in [7, 11) is 0. The molecule has 1 aromatic carbocycles. The van der Waals surface area contributed by atoms with Gasteiger partial charge >= 0.3 is 0 Å². The number of hydrogen-bond acceptors (Lipinski definition) is 4. The van der Waals surface area contributed by atoms with Crippen LogP contribution in [0.3, 0.4) is 0 Å².